The molecule has 4 rings (SSSR count). The third kappa shape index (κ3) is 3.68. The van der Waals surface area contributed by atoms with Gasteiger partial charge < -0.3 is 4.74 Å². The Morgan fingerprint density at radius 3 is 2.64 bits per heavy atom. The molecule has 2 saturated carbocycles. The smallest absolute Gasteiger partial charge is 0.175 e. The summed E-state index contributed by atoms with van der Waals surface area (Å²) in [6, 6.07) is 6.90. The molecule has 150 valence electrons. The normalized spacial score (nSPS) is 27.4. The fourth-order valence-corrected chi connectivity index (χ4v) is 5.53. The van der Waals surface area contributed by atoms with Crippen LogP contribution in [0.25, 0.3) is 10.8 Å². The van der Waals surface area contributed by atoms with Gasteiger partial charge in [-0.2, -0.15) is 0 Å². The summed E-state index contributed by atoms with van der Waals surface area (Å²) in [5, 5.41) is 0.651. The van der Waals surface area contributed by atoms with Gasteiger partial charge in [-0.25, -0.2) is 8.78 Å². The van der Waals surface area contributed by atoms with Crippen molar-refractivity contribution < 1.29 is 13.5 Å². The Morgan fingerprint density at radius 1 is 1.07 bits per heavy atom. The van der Waals surface area contributed by atoms with Gasteiger partial charge in [-0.3, -0.25) is 0 Å². The van der Waals surface area contributed by atoms with E-state index in [1.165, 1.54) is 32.1 Å². The molecular formula is C25H30F2O. The fraction of sp³-hybridized carbons (Fsp3) is 0.520. The average molecular weight is 385 g/mol. The lowest BCUT2D eigenvalue weighted by Gasteiger charge is -2.42. The van der Waals surface area contributed by atoms with E-state index in [0.717, 1.165) is 36.2 Å². The molecule has 2 aliphatic carbocycles. The zero-order chi connectivity index (χ0) is 19.7. The Bertz CT molecular complexity index is 859. The maximum Gasteiger partial charge on any atom is 0.175 e. The van der Waals surface area contributed by atoms with Gasteiger partial charge in [0.05, 0.1) is 5.39 Å². The molecule has 4 atom stereocenters. The number of ether oxygens (including phenoxy) is 1. The van der Waals surface area contributed by atoms with Crippen molar-refractivity contribution >= 4 is 10.8 Å². The minimum absolute atomic E-state index is 0.0300. The van der Waals surface area contributed by atoms with E-state index >= 15 is 0 Å². The van der Waals surface area contributed by atoms with Gasteiger partial charge in [-0.1, -0.05) is 44.6 Å². The van der Waals surface area contributed by atoms with Crippen LogP contribution in [0.2, 0.25) is 0 Å². The van der Waals surface area contributed by atoms with Gasteiger partial charge in [-0.15, -0.1) is 0 Å². The number of halogens is 2. The van der Waals surface area contributed by atoms with Gasteiger partial charge in [0.1, 0.15) is 12.4 Å². The minimum atomic E-state index is -0.620. The van der Waals surface area contributed by atoms with Crippen LogP contribution < -0.4 is 4.74 Å². The van der Waals surface area contributed by atoms with Crippen molar-refractivity contribution in [3.8, 4) is 5.75 Å². The second-order valence-corrected chi connectivity index (χ2v) is 8.70. The molecule has 0 N–H and O–H groups in total. The zero-order valence-corrected chi connectivity index (χ0v) is 16.7. The summed E-state index contributed by atoms with van der Waals surface area (Å²) < 4.78 is 34.9. The Balaban J connectivity index is 1.57. The molecular weight excluding hydrogens is 354 g/mol. The van der Waals surface area contributed by atoms with Gasteiger partial charge >= 0.3 is 0 Å². The molecule has 1 nitrogen and oxygen atoms in total. The van der Waals surface area contributed by atoms with Gasteiger partial charge in [0.25, 0.3) is 0 Å². The molecule has 0 radical (unpaired) electrons. The van der Waals surface area contributed by atoms with E-state index in [2.05, 4.69) is 13.5 Å². The number of hydrogen-bond acceptors (Lipinski definition) is 1. The van der Waals surface area contributed by atoms with Crippen molar-refractivity contribution in [3.05, 3.63) is 54.1 Å². The Morgan fingerprint density at radius 2 is 1.86 bits per heavy atom. The molecule has 0 spiro atoms. The van der Waals surface area contributed by atoms with E-state index in [9.17, 15) is 8.78 Å². The number of benzene rings is 2. The van der Waals surface area contributed by atoms with Crippen LogP contribution in [0, 0.1) is 29.4 Å². The maximum absolute atomic E-state index is 14.9. The first-order chi connectivity index (χ1) is 13.6. The van der Waals surface area contributed by atoms with E-state index < -0.39 is 11.6 Å². The summed E-state index contributed by atoms with van der Waals surface area (Å²) >= 11 is 0. The molecule has 0 heterocycles. The van der Waals surface area contributed by atoms with Crippen molar-refractivity contribution in [1.29, 1.82) is 0 Å². The van der Waals surface area contributed by atoms with Gasteiger partial charge in [-0.05, 0) is 78.9 Å². The first-order valence-electron chi connectivity index (χ1n) is 10.8. The van der Waals surface area contributed by atoms with E-state index in [1.54, 1.807) is 24.3 Å². The Hall–Kier alpha value is -1.90. The molecule has 0 aliphatic heterocycles. The molecule has 2 aliphatic rings. The summed E-state index contributed by atoms with van der Waals surface area (Å²) in [4.78, 5) is 0. The maximum atomic E-state index is 14.9. The molecule has 2 aromatic carbocycles. The lowest BCUT2D eigenvalue weighted by atomic mass is 9.63. The third-order valence-electron chi connectivity index (χ3n) is 7.12. The SMILES string of the molecule is C=CCOc1ccc2cc([C@@H]3CC[C@@H]4CC(CC)CCC4C3)cc(F)c2c1F. The Labute approximate surface area is 166 Å². The summed E-state index contributed by atoms with van der Waals surface area (Å²) in [6.45, 7) is 6.07. The van der Waals surface area contributed by atoms with Crippen molar-refractivity contribution in [3.63, 3.8) is 0 Å². The average Bonchev–Trinajstić information content (AvgIpc) is 2.72. The summed E-state index contributed by atoms with van der Waals surface area (Å²) in [6.07, 6.45) is 10.4. The third-order valence-corrected chi connectivity index (χ3v) is 7.12. The van der Waals surface area contributed by atoms with Crippen LogP contribution in [0.3, 0.4) is 0 Å². The molecule has 0 aromatic heterocycles. The lowest BCUT2D eigenvalue weighted by Crippen LogP contribution is -2.30. The van der Waals surface area contributed by atoms with Crippen molar-refractivity contribution in [1.82, 2.24) is 0 Å². The zero-order valence-electron chi connectivity index (χ0n) is 16.7. The highest BCUT2D eigenvalue weighted by Gasteiger charge is 2.35. The molecule has 2 unspecified atom stereocenters. The molecule has 3 heteroatoms. The molecule has 2 fully saturated rings. The van der Waals surface area contributed by atoms with Crippen LogP contribution in [0.1, 0.15) is 63.4 Å². The van der Waals surface area contributed by atoms with E-state index in [-0.39, 0.29) is 17.7 Å². The summed E-state index contributed by atoms with van der Waals surface area (Å²) in [5.41, 5.74) is 1.03. The van der Waals surface area contributed by atoms with Crippen molar-refractivity contribution in [2.45, 2.75) is 57.8 Å². The van der Waals surface area contributed by atoms with Gasteiger partial charge in [0.15, 0.2) is 11.6 Å². The van der Waals surface area contributed by atoms with Crippen molar-refractivity contribution in [2.24, 2.45) is 17.8 Å². The van der Waals surface area contributed by atoms with E-state index in [0.29, 0.717) is 11.3 Å². The predicted octanol–water partition coefficient (Wildman–Crippen LogP) is 7.39. The van der Waals surface area contributed by atoms with Gasteiger partial charge in [0.2, 0.25) is 0 Å². The van der Waals surface area contributed by atoms with Crippen LogP contribution in [0.15, 0.2) is 36.9 Å². The second kappa shape index (κ2) is 8.23. The van der Waals surface area contributed by atoms with Crippen LogP contribution >= 0.6 is 0 Å². The van der Waals surface area contributed by atoms with Crippen LogP contribution in [0.4, 0.5) is 8.78 Å². The Kier molecular flexibility index (Phi) is 5.70. The molecule has 2 aromatic rings. The van der Waals surface area contributed by atoms with E-state index in [4.69, 9.17) is 4.74 Å². The summed E-state index contributed by atoms with van der Waals surface area (Å²) in [7, 11) is 0. The summed E-state index contributed by atoms with van der Waals surface area (Å²) in [5.74, 6) is 1.88. The topological polar surface area (TPSA) is 9.23 Å². The molecule has 0 bridgehead atoms. The number of rotatable bonds is 5. The fourth-order valence-electron chi connectivity index (χ4n) is 5.53. The number of hydrogen-bond donors (Lipinski definition) is 0. The lowest BCUT2D eigenvalue weighted by molar-refractivity contribution is 0.116. The van der Waals surface area contributed by atoms with Crippen LogP contribution in [-0.4, -0.2) is 6.61 Å². The standard InChI is InChI=1S/C25H30F2O/c1-3-11-28-23-10-9-20-14-21(15-22(26)24(20)25(23)27)19-8-7-17-12-16(4-2)5-6-18(17)13-19/h3,9-10,14-19H,1,4-8,11-13H2,2H3/t16?,17-,18?,19-/m1/s1. The minimum Gasteiger partial charge on any atom is -0.486 e. The van der Waals surface area contributed by atoms with Gasteiger partial charge in [0, 0.05) is 0 Å². The first kappa shape index (κ1) is 19.4. The molecule has 0 amide bonds. The largest absolute Gasteiger partial charge is 0.486 e. The van der Waals surface area contributed by atoms with Crippen LogP contribution in [0.5, 0.6) is 5.75 Å². The highest BCUT2D eigenvalue weighted by molar-refractivity contribution is 5.86. The van der Waals surface area contributed by atoms with E-state index in [1.807, 2.05) is 6.07 Å². The molecule has 28 heavy (non-hydrogen) atoms. The number of fused-ring (bicyclic) bond motifs is 2. The highest BCUT2D eigenvalue weighted by Crippen LogP contribution is 2.48. The monoisotopic (exact) mass is 384 g/mol. The first-order valence-corrected chi connectivity index (χ1v) is 10.8. The quantitative estimate of drug-likeness (QED) is 0.488. The van der Waals surface area contributed by atoms with Crippen molar-refractivity contribution in [2.75, 3.05) is 6.61 Å². The second-order valence-electron chi connectivity index (χ2n) is 8.70. The molecule has 0 saturated heterocycles. The van der Waals surface area contributed by atoms with Crippen LogP contribution in [-0.2, 0) is 0 Å². The highest BCUT2D eigenvalue weighted by atomic mass is 19.1. The predicted molar refractivity (Wildman–Crippen MR) is 111 cm³/mol.